The van der Waals surface area contributed by atoms with Crippen molar-refractivity contribution in [3.05, 3.63) is 28.8 Å². The fourth-order valence-electron chi connectivity index (χ4n) is 2.20. The summed E-state index contributed by atoms with van der Waals surface area (Å²) in [6.45, 7) is 4.38. The molecule has 0 radical (unpaired) electrons. The number of benzene rings is 1. The van der Waals surface area contributed by atoms with E-state index in [0.29, 0.717) is 6.61 Å². The molecule has 1 fully saturated rings. The summed E-state index contributed by atoms with van der Waals surface area (Å²) < 4.78 is 32.7. The van der Waals surface area contributed by atoms with Crippen molar-refractivity contribution in [3.8, 4) is 0 Å². The monoisotopic (exact) mass is 303 g/mol. The van der Waals surface area contributed by atoms with Crippen LogP contribution in [0.2, 0.25) is 5.02 Å². The molecule has 19 heavy (non-hydrogen) atoms. The van der Waals surface area contributed by atoms with Crippen LogP contribution in [0.15, 0.2) is 23.1 Å². The van der Waals surface area contributed by atoms with E-state index in [1.807, 2.05) is 13.8 Å². The summed E-state index contributed by atoms with van der Waals surface area (Å²) in [7, 11) is -3.61. The predicted octanol–water partition coefficient (Wildman–Crippen LogP) is 2.49. The minimum absolute atomic E-state index is 0.0565. The zero-order chi connectivity index (χ0) is 14.0. The first-order valence-electron chi connectivity index (χ1n) is 6.30. The van der Waals surface area contributed by atoms with E-state index in [0.717, 1.165) is 18.4 Å². The number of hydrogen-bond donors (Lipinski definition) is 1. The molecule has 1 heterocycles. The Morgan fingerprint density at radius 3 is 2.79 bits per heavy atom. The van der Waals surface area contributed by atoms with Crippen molar-refractivity contribution in [2.24, 2.45) is 0 Å². The molecule has 0 aromatic heterocycles. The highest BCUT2D eigenvalue weighted by Crippen LogP contribution is 2.24. The highest BCUT2D eigenvalue weighted by molar-refractivity contribution is 7.89. The molecule has 2 atom stereocenters. The Balaban J connectivity index is 2.17. The second-order valence-electron chi connectivity index (χ2n) is 4.90. The van der Waals surface area contributed by atoms with Gasteiger partial charge in [-0.05, 0) is 44.4 Å². The van der Waals surface area contributed by atoms with Crippen LogP contribution in [0, 0.1) is 6.92 Å². The van der Waals surface area contributed by atoms with E-state index in [4.69, 9.17) is 16.3 Å². The quantitative estimate of drug-likeness (QED) is 0.930. The van der Waals surface area contributed by atoms with Crippen LogP contribution in [-0.4, -0.2) is 27.2 Å². The average molecular weight is 304 g/mol. The van der Waals surface area contributed by atoms with Gasteiger partial charge in [0.05, 0.1) is 11.1 Å². The molecule has 1 aromatic rings. The molecule has 1 aromatic carbocycles. The van der Waals surface area contributed by atoms with Gasteiger partial charge in [0.15, 0.2) is 0 Å². The highest BCUT2D eigenvalue weighted by atomic mass is 35.5. The van der Waals surface area contributed by atoms with Gasteiger partial charge in [-0.3, -0.25) is 0 Å². The highest BCUT2D eigenvalue weighted by Gasteiger charge is 2.27. The van der Waals surface area contributed by atoms with Crippen LogP contribution in [0.1, 0.15) is 25.3 Å². The van der Waals surface area contributed by atoms with Crippen molar-refractivity contribution in [1.82, 2.24) is 4.72 Å². The van der Waals surface area contributed by atoms with Crippen LogP contribution in [0.5, 0.6) is 0 Å². The second-order valence-corrected chi connectivity index (χ2v) is 6.98. The van der Waals surface area contributed by atoms with Gasteiger partial charge in [0.1, 0.15) is 4.90 Å². The van der Waals surface area contributed by atoms with Gasteiger partial charge >= 0.3 is 0 Å². The molecule has 0 bridgehead atoms. The minimum Gasteiger partial charge on any atom is -0.377 e. The summed E-state index contributed by atoms with van der Waals surface area (Å²) in [5, 5.41) is 0.243. The number of hydrogen-bond acceptors (Lipinski definition) is 3. The van der Waals surface area contributed by atoms with Gasteiger partial charge < -0.3 is 4.74 Å². The Morgan fingerprint density at radius 1 is 1.47 bits per heavy atom. The average Bonchev–Trinajstić information content (AvgIpc) is 2.80. The molecule has 106 valence electrons. The lowest BCUT2D eigenvalue weighted by atomic mass is 10.1. The van der Waals surface area contributed by atoms with Crippen molar-refractivity contribution in [3.63, 3.8) is 0 Å². The van der Waals surface area contributed by atoms with E-state index < -0.39 is 10.0 Å². The Labute approximate surface area is 119 Å². The van der Waals surface area contributed by atoms with Crippen LogP contribution >= 0.6 is 11.6 Å². The molecule has 0 spiro atoms. The fraction of sp³-hybridized carbons (Fsp3) is 0.538. The lowest BCUT2D eigenvalue weighted by molar-refractivity contribution is 0.0902. The molecule has 6 heteroatoms. The molecule has 0 aliphatic carbocycles. The normalized spacial score (nSPS) is 21.5. The first-order valence-corrected chi connectivity index (χ1v) is 8.16. The Hall–Kier alpha value is -0.620. The summed E-state index contributed by atoms with van der Waals surface area (Å²) in [6, 6.07) is 4.65. The van der Waals surface area contributed by atoms with Crippen LogP contribution in [0.25, 0.3) is 0 Å². The molecule has 0 amide bonds. The smallest absolute Gasteiger partial charge is 0.242 e. The van der Waals surface area contributed by atoms with Crippen LogP contribution in [0.4, 0.5) is 0 Å². The second kappa shape index (κ2) is 5.79. The van der Waals surface area contributed by atoms with E-state index >= 15 is 0 Å². The first kappa shape index (κ1) is 14.8. The number of halogens is 1. The Bertz CT molecular complexity index is 553. The summed E-state index contributed by atoms with van der Waals surface area (Å²) in [4.78, 5) is 0.115. The molecule has 1 N–H and O–H groups in total. The van der Waals surface area contributed by atoms with Gasteiger partial charge in [0, 0.05) is 12.6 Å². The Morgan fingerprint density at radius 2 is 2.21 bits per heavy atom. The van der Waals surface area contributed by atoms with Gasteiger partial charge in [-0.25, -0.2) is 13.1 Å². The largest absolute Gasteiger partial charge is 0.377 e. The topological polar surface area (TPSA) is 55.4 Å². The SMILES string of the molecule is Cc1ccc(S(=O)(=O)N[C@H](C)[C@@H]2CCCO2)c(Cl)c1. The molecule has 1 aliphatic rings. The van der Waals surface area contributed by atoms with Gasteiger partial charge in [-0.15, -0.1) is 0 Å². The summed E-state index contributed by atoms with van der Waals surface area (Å²) in [5.41, 5.74) is 0.927. The van der Waals surface area contributed by atoms with E-state index in [1.54, 1.807) is 12.1 Å². The van der Waals surface area contributed by atoms with E-state index in [-0.39, 0.29) is 22.1 Å². The molecule has 1 saturated heterocycles. The molecular formula is C13H18ClNO3S. The maximum atomic E-state index is 12.3. The number of sulfonamides is 1. The minimum atomic E-state index is -3.61. The van der Waals surface area contributed by atoms with E-state index in [2.05, 4.69) is 4.72 Å². The van der Waals surface area contributed by atoms with Crippen LogP contribution < -0.4 is 4.72 Å². The van der Waals surface area contributed by atoms with Crippen molar-refractivity contribution >= 4 is 21.6 Å². The maximum Gasteiger partial charge on any atom is 0.242 e. The number of ether oxygens (including phenoxy) is 1. The van der Waals surface area contributed by atoms with E-state index in [9.17, 15) is 8.42 Å². The van der Waals surface area contributed by atoms with Crippen LogP contribution in [-0.2, 0) is 14.8 Å². The van der Waals surface area contributed by atoms with Crippen molar-refractivity contribution < 1.29 is 13.2 Å². The van der Waals surface area contributed by atoms with Crippen molar-refractivity contribution in [1.29, 1.82) is 0 Å². The van der Waals surface area contributed by atoms with Crippen LogP contribution in [0.3, 0.4) is 0 Å². The van der Waals surface area contributed by atoms with Crippen molar-refractivity contribution in [2.45, 2.75) is 43.7 Å². The predicted molar refractivity (Wildman–Crippen MR) is 74.9 cm³/mol. The molecule has 0 saturated carbocycles. The molecular weight excluding hydrogens is 286 g/mol. The lowest BCUT2D eigenvalue weighted by Gasteiger charge is -2.20. The summed E-state index contributed by atoms with van der Waals surface area (Å²) in [5.74, 6) is 0. The molecule has 4 nitrogen and oxygen atoms in total. The van der Waals surface area contributed by atoms with Gasteiger partial charge in [-0.1, -0.05) is 17.7 Å². The lowest BCUT2D eigenvalue weighted by Crippen LogP contribution is -2.40. The number of aryl methyl sites for hydroxylation is 1. The third-order valence-corrected chi connectivity index (χ3v) is 5.28. The van der Waals surface area contributed by atoms with Gasteiger partial charge in [0.2, 0.25) is 10.0 Å². The molecule has 0 unspecified atom stereocenters. The van der Waals surface area contributed by atoms with Gasteiger partial charge in [-0.2, -0.15) is 0 Å². The molecule has 2 rings (SSSR count). The fourth-order valence-corrected chi connectivity index (χ4v) is 4.08. The summed E-state index contributed by atoms with van der Waals surface area (Å²) >= 11 is 6.01. The summed E-state index contributed by atoms with van der Waals surface area (Å²) in [6.07, 6.45) is 1.80. The standard InChI is InChI=1S/C13H18ClNO3S/c1-9-5-6-13(11(14)8-9)19(16,17)15-10(2)12-4-3-7-18-12/h5-6,8,10,12,15H,3-4,7H2,1-2H3/t10-,12+/m1/s1. The molecule has 1 aliphatic heterocycles. The zero-order valence-corrected chi connectivity index (χ0v) is 12.6. The third kappa shape index (κ3) is 3.48. The third-order valence-electron chi connectivity index (χ3n) is 3.24. The Kier molecular flexibility index (Phi) is 4.50. The van der Waals surface area contributed by atoms with Gasteiger partial charge in [0.25, 0.3) is 0 Å². The number of nitrogens with one attached hydrogen (secondary N) is 1. The van der Waals surface area contributed by atoms with E-state index in [1.165, 1.54) is 6.07 Å². The maximum absolute atomic E-state index is 12.3. The van der Waals surface area contributed by atoms with Crippen molar-refractivity contribution in [2.75, 3.05) is 6.61 Å². The number of rotatable bonds is 4. The first-order chi connectivity index (χ1) is 8.90. The zero-order valence-electron chi connectivity index (χ0n) is 11.0.